The zero-order valence-corrected chi connectivity index (χ0v) is 15.3. The van der Waals surface area contributed by atoms with Crippen LogP contribution in [0.2, 0.25) is 0 Å². The molecule has 4 rings (SSSR count). The van der Waals surface area contributed by atoms with Crippen LogP contribution in [0.25, 0.3) is 0 Å². The SMILES string of the molecule is O=C(CCC1NC(=O)c2ccccc2NC1=O)Nc1ccc2c(c1)OCC(=O)N2. The Morgan fingerprint density at radius 1 is 1.07 bits per heavy atom. The molecular weight excluding hydrogens is 376 g/mol. The molecule has 0 spiro atoms. The van der Waals surface area contributed by atoms with Crippen LogP contribution < -0.4 is 26.0 Å². The van der Waals surface area contributed by atoms with Gasteiger partial charge < -0.3 is 26.0 Å². The number of amides is 4. The highest BCUT2D eigenvalue weighted by Crippen LogP contribution is 2.30. The van der Waals surface area contributed by atoms with Gasteiger partial charge in [-0.1, -0.05) is 12.1 Å². The number of rotatable bonds is 4. The molecule has 1 unspecified atom stereocenters. The molecule has 0 fully saturated rings. The van der Waals surface area contributed by atoms with E-state index in [2.05, 4.69) is 21.3 Å². The fourth-order valence-electron chi connectivity index (χ4n) is 3.17. The molecule has 2 aromatic rings. The summed E-state index contributed by atoms with van der Waals surface area (Å²) < 4.78 is 5.32. The van der Waals surface area contributed by atoms with Gasteiger partial charge in [0.25, 0.3) is 11.8 Å². The van der Waals surface area contributed by atoms with Gasteiger partial charge in [-0.25, -0.2) is 0 Å². The maximum absolute atomic E-state index is 12.4. The van der Waals surface area contributed by atoms with E-state index in [1.807, 2.05) is 0 Å². The second-order valence-electron chi connectivity index (χ2n) is 6.70. The van der Waals surface area contributed by atoms with Crippen molar-refractivity contribution in [1.29, 1.82) is 0 Å². The van der Waals surface area contributed by atoms with Gasteiger partial charge in [0.05, 0.1) is 16.9 Å². The number of hydrogen-bond donors (Lipinski definition) is 4. The molecule has 4 N–H and O–H groups in total. The first-order chi connectivity index (χ1) is 14.0. The van der Waals surface area contributed by atoms with E-state index in [4.69, 9.17) is 4.74 Å². The fraction of sp³-hybridized carbons (Fsp3) is 0.200. The summed E-state index contributed by atoms with van der Waals surface area (Å²) in [7, 11) is 0. The molecule has 29 heavy (non-hydrogen) atoms. The van der Waals surface area contributed by atoms with Crippen LogP contribution in [0.4, 0.5) is 17.1 Å². The van der Waals surface area contributed by atoms with Gasteiger partial charge >= 0.3 is 0 Å². The number of benzene rings is 2. The second-order valence-corrected chi connectivity index (χ2v) is 6.70. The van der Waals surface area contributed by atoms with Crippen molar-refractivity contribution in [2.24, 2.45) is 0 Å². The molecule has 9 heteroatoms. The lowest BCUT2D eigenvalue weighted by Gasteiger charge is -2.19. The number of fused-ring (bicyclic) bond motifs is 2. The van der Waals surface area contributed by atoms with Crippen LogP contribution in [0.5, 0.6) is 5.75 Å². The van der Waals surface area contributed by atoms with Gasteiger partial charge in [0.2, 0.25) is 11.8 Å². The Labute approximate surface area is 165 Å². The largest absolute Gasteiger partial charge is 0.482 e. The van der Waals surface area contributed by atoms with Gasteiger partial charge in [-0.2, -0.15) is 0 Å². The van der Waals surface area contributed by atoms with Crippen LogP contribution in [-0.4, -0.2) is 36.3 Å². The molecule has 0 radical (unpaired) electrons. The molecule has 0 bridgehead atoms. The smallest absolute Gasteiger partial charge is 0.262 e. The first kappa shape index (κ1) is 18.5. The summed E-state index contributed by atoms with van der Waals surface area (Å²) in [6.07, 6.45) is 0.179. The van der Waals surface area contributed by atoms with Crippen molar-refractivity contribution in [3.63, 3.8) is 0 Å². The molecule has 0 saturated carbocycles. The Kier molecular flexibility index (Phi) is 4.86. The summed E-state index contributed by atoms with van der Waals surface area (Å²) in [5.41, 5.74) is 1.88. The standard InChI is InChI=1S/C20H18N4O5/c25-17(21-11-5-6-14-16(9-11)29-10-18(26)22-14)8-7-15-20(28)23-13-4-2-1-3-12(13)19(27)24-15/h1-6,9,15H,7-8,10H2,(H,21,25)(H,22,26)(H,23,28)(H,24,27). The number of nitrogens with one attached hydrogen (secondary N) is 4. The van der Waals surface area contributed by atoms with Gasteiger partial charge in [-0.05, 0) is 30.7 Å². The zero-order valence-electron chi connectivity index (χ0n) is 15.3. The third kappa shape index (κ3) is 4.03. The topological polar surface area (TPSA) is 126 Å². The number of ether oxygens (including phenoxy) is 1. The van der Waals surface area contributed by atoms with E-state index in [9.17, 15) is 19.2 Å². The van der Waals surface area contributed by atoms with Crippen molar-refractivity contribution >= 4 is 40.7 Å². The minimum Gasteiger partial charge on any atom is -0.482 e. The molecule has 2 aliphatic rings. The van der Waals surface area contributed by atoms with E-state index in [0.717, 1.165) is 0 Å². The molecule has 0 aromatic heterocycles. The molecular formula is C20H18N4O5. The quantitative estimate of drug-likeness (QED) is 0.625. The van der Waals surface area contributed by atoms with Crippen LogP contribution >= 0.6 is 0 Å². The van der Waals surface area contributed by atoms with E-state index in [1.54, 1.807) is 42.5 Å². The molecule has 9 nitrogen and oxygen atoms in total. The Morgan fingerprint density at radius 2 is 1.90 bits per heavy atom. The normalized spacial score (nSPS) is 17.5. The Morgan fingerprint density at radius 3 is 2.76 bits per heavy atom. The molecule has 2 aromatic carbocycles. The van der Waals surface area contributed by atoms with Crippen molar-refractivity contribution in [3.8, 4) is 5.75 Å². The van der Waals surface area contributed by atoms with E-state index in [-0.39, 0.29) is 43.1 Å². The second kappa shape index (κ2) is 7.63. The van der Waals surface area contributed by atoms with Crippen LogP contribution in [0.1, 0.15) is 23.2 Å². The maximum atomic E-state index is 12.4. The van der Waals surface area contributed by atoms with Crippen molar-refractivity contribution in [2.75, 3.05) is 22.6 Å². The average Bonchev–Trinajstić information content (AvgIpc) is 2.82. The highest BCUT2D eigenvalue weighted by Gasteiger charge is 2.28. The van der Waals surface area contributed by atoms with Crippen molar-refractivity contribution in [3.05, 3.63) is 48.0 Å². The number of hydrogen-bond acceptors (Lipinski definition) is 5. The summed E-state index contributed by atoms with van der Waals surface area (Å²) in [6, 6.07) is 10.8. The van der Waals surface area contributed by atoms with Crippen molar-refractivity contribution < 1.29 is 23.9 Å². The lowest BCUT2D eigenvalue weighted by Crippen LogP contribution is -2.41. The predicted octanol–water partition coefficient (Wildman–Crippen LogP) is 1.49. The molecule has 0 aliphatic carbocycles. The lowest BCUT2D eigenvalue weighted by molar-refractivity contribution is -0.119. The third-order valence-electron chi connectivity index (χ3n) is 4.61. The number of carbonyl (C=O) groups is 4. The summed E-state index contributed by atoms with van der Waals surface area (Å²) >= 11 is 0. The maximum Gasteiger partial charge on any atom is 0.262 e. The van der Waals surface area contributed by atoms with Crippen LogP contribution in [-0.2, 0) is 14.4 Å². The van der Waals surface area contributed by atoms with Crippen LogP contribution in [0, 0.1) is 0 Å². The van der Waals surface area contributed by atoms with Crippen molar-refractivity contribution in [2.45, 2.75) is 18.9 Å². The number of carbonyl (C=O) groups excluding carboxylic acids is 4. The monoisotopic (exact) mass is 394 g/mol. The van der Waals surface area contributed by atoms with E-state index >= 15 is 0 Å². The molecule has 1 atom stereocenters. The summed E-state index contributed by atoms with van der Waals surface area (Å²) in [5, 5.41) is 10.8. The Hall–Kier alpha value is -3.88. The van der Waals surface area contributed by atoms with Gasteiger partial charge in [-0.3, -0.25) is 19.2 Å². The van der Waals surface area contributed by atoms with E-state index in [1.165, 1.54) is 0 Å². The van der Waals surface area contributed by atoms with Crippen LogP contribution in [0.15, 0.2) is 42.5 Å². The Balaban J connectivity index is 1.36. The van der Waals surface area contributed by atoms with E-state index < -0.39 is 6.04 Å². The van der Waals surface area contributed by atoms with E-state index in [0.29, 0.717) is 28.4 Å². The fourth-order valence-corrected chi connectivity index (χ4v) is 3.17. The van der Waals surface area contributed by atoms with Gasteiger partial charge in [0.15, 0.2) is 6.61 Å². The first-order valence-electron chi connectivity index (χ1n) is 9.07. The number of para-hydroxylation sites is 1. The minimum atomic E-state index is -0.817. The molecule has 2 aliphatic heterocycles. The lowest BCUT2D eigenvalue weighted by atomic mass is 10.1. The van der Waals surface area contributed by atoms with Gasteiger partial charge in [0, 0.05) is 18.2 Å². The molecule has 2 heterocycles. The summed E-state index contributed by atoms with van der Waals surface area (Å²) in [4.78, 5) is 48.3. The van der Waals surface area contributed by atoms with Crippen molar-refractivity contribution in [1.82, 2.24) is 5.32 Å². The van der Waals surface area contributed by atoms with Gasteiger partial charge in [0.1, 0.15) is 11.8 Å². The Bertz CT molecular complexity index is 1020. The third-order valence-corrected chi connectivity index (χ3v) is 4.61. The summed E-state index contributed by atoms with van der Waals surface area (Å²) in [5.74, 6) is -0.809. The summed E-state index contributed by atoms with van der Waals surface area (Å²) in [6.45, 7) is -0.0801. The predicted molar refractivity (Wildman–Crippen MR) is 105 cm³/mol. The molecule has 148 valence electrons. The van der Waals surface area contributed by atoms with Crippen LogP contribution in [0.3, 0.4) is 0 Å². The zero-order chi connectivity index (χ0) is 20.4. The highest BCUT2D eigenvalue weighted by molar-refractivity contribution is 6.10. The number of anilines is 3. The average molecular weight is 394 g/mol. The molecule has 4 amide bonds. The minimum absolute atomic E-state index is 0.0311. The van der Waals surface area contributed by atoms with Gasteiger partial charge in [-0.15, -0.1) is 0 Å². The molecule has 0 saturated heterocycles. The highest BCUT2D eigenvalue weighted by atomic mass is 16.5. The first-order valence-corrected chi connectivity index (χ1v) is 9.07.